The topological polar surface area (TPSA) is 84.9 Å². The van der Waals surface area contributed by atoms with Crippen molar-refractivity contribution in [3.63, 3.8) is 0 Å². The molecule has 0 saturated heterocycles. The number of anilines is 1. The Morgan fingerprint density at radius 2 is 1.72 bits per heavy atom. The van der Waals surface area contributed by atoms with Crippen molar-refractivity contribution < 1.29 is 22.7 Å². The minimum Gasteiger partial charge on any atom is -0.497 e. The number of methoxy groups -OCH3 is 2. The fourth-order valence-corrected chi connectivity index (χ4v) is 4.92. The molecule has 1 saturated carbocycles. The standard InChI is InChI=1S/C24H32N2O5S/c1-30-21-13-14-22(23(15-21)31-2)26(32(3,28)29)17-19-9-11-20(12-10-19)24(27)25-16-18-7-5-4-6-8-18/h9-15,18H,4-8,16-17H2,1-3H3,(H,25,27). The molecule has 0 heterocycles. The molecular weight excluding hydrogens is 428 g/mol. The van der Waals surface area contributed by atoms with Gasteiger partial charge >= 0.3 is 0 Å². The summed E-state index contributed by atoms with van der Waals surface area (Å²) in [4.78, 5) is 12.5. The quantitative estimate of drug-likeness (QED) is 0.612. The Balaban J connectivity index is 1.72. The molecule has 8 heteroatoms. The molecule has 1 aliphatic carbocycles. The third kappa shape index (κ3) is 6.16. The number of hydrogen-bond acceptors (Lipinski definition) is 5. The normalized spacial score (nSPS) is 14.6. The van der Waals surface area contributed by atoms with Crippen molar-refractivity contribution in [3.8, 4) is 11.5 Å². The Kier molecular flexibility index (Phi) is 8.01. The Hall–Kier alpha value is -2.74. The van der Waals surface area contributed by atoms with Gasteiger partial charge in [-0.15, -0.1) is 0 Å². The third-order valence-corrected chi connectivity index (χ3v) is 7.00. The van der Waals surface area contributed by atoms with Crippen LogP contribution in [0.15, 0.2) is 42.5 Å². The monoisotopic (exact) mass is 460 g/mol. The SMILES string of the molecule is COc1ccc(N(Cc2ccc(C(=O)NCC3CCCCC3)cc2)S(C)(=O)=O)c(OC)c1. The summed E-state index contributed by atoms with van der Waals surface area (Å²) in [5.74, 6) is 1.44. The Morgan fingerprint density at radius 3 is 2.31 bits per heavy atom. The van der Waals surface area contributed by atoms with Crippen LogP contribution < -0.4 is 19.1 Å². The van der Waals surface area contributed by atoms with Gasteiger partial charge in [-0.3, -0.25) is 9.10 Å². The van der Waals surface area contributed by atoms with E-state index in [2.05, 4.69) is 5.32 Å². The molecule has 1 fully saturated rings. The van der Waals surface area contributed by atoms with Crippen LogP contribution in [0.3, 0.4) is 0 Å². The molecule has 0 aliphatic heterocycles. The first-order valence-electron chi connectivity index (χ1n) is 10.9. The molecule has 1 amide bonds. The molecule has 0 atom stereocenters. The van der Waals surface area contributed by atoms with Crippen molar-refractivity contribution in [1.82, 2.24) is 5.32 Å². The first-order chi connectivity index (χ1) is 15.3. The van der Waals surface area contributed by atoms with E-state index in [4.69, 9.17) is 9.47 Å². The molecule has 32 heavy (non-hydrogen) atoms. The number of nitrogens with zero attached hydrogens (tertiary/aromatic N) is 1. The maximum atomic E-state index is 12.5. The lowest BCUT2D eigenvalue weighted by molar-refractivity contribution is 0.0943. The zero-order valence-electron chi connectivity index (χ0n) is 19.0. The Morgan fingerprint density at radius 1 is 1.03 bits per heavy atom. The molecular formula is C24H32N2O5S. The van der Waals surface area contributed by atoms with Gasteiger partial charge in [-0.1, -0.05) is 31.4 Å². The predicted octanol–water partition coefficient (Wildman–Crippen LogP) is 3.98. The number of sulfonamides is 1. The molecule has 3 rings (SSSR count). The number of carbonyl (C=O) groups excluding carboxylic acids is 1. The van der Waals surface area contributed by atoms with Crippen molar-refractivity contribution in [2.45, 2.75) is 38.6 Å². The van der Waals surface area contributed by atoms with E-state index in [9.17, 15) is 13.2 Å². The molecule has 1 aliphatic rings. The largest absolute Gasteiger partial charge is 0.497 e. The maximum absolute atomic E-state index is 12.5. The van der Waals surface area contributed by atoms with Gasteiger partial charge in [-0.2, -0.15) is 0 Å². The van der Waals surface area contributed by atoms with Crippen LogP contribution in [0.1, 0.15) is 48.0 Å². The van der Waals surface area contributed by atoms with Gasteiger partial charge in [0.25, 0.3) is 5.91 Å². The number of hydrogen-bond donors (Lipinski definition) is 1. The second-order valence-corrected chi connectivity index (χ2v) is 10.1. The second kappa shape index (κ2) is 10.7. The molecule has 174 valence electrons. The average molecular weight is 461 g/mol. The molecule has 1 N–H and O–H groups in total. The second-order valence-electron chi connectivity index (χ2n) is 8.22. The molecule has 2 aromatic carbocycles. The Labute approximate surface area is 190 Å². The number of ether oxygens (including phenoxy) is 2. The van der Waals surface area contributed by atoms with Gasteiger partial charge in [0.2, 0.25) is 10.0 Å². The van der Waals surface area contributed by atoms with Crippen LogP contribution in [-0.2, 0) is 16.6 Å². The van der Waals surface area contributed by atoms with Crippen molar-refractivity contribution in [3.05, 3.63) is 53.6 Å². The van der Waals surface area contributed by atoms with Gasteiger partial charge in [0.05, 0.1) is 32.7 Å². The highest BCUT2D eigenvalue weighted by Gasteiger charge is 2.22. The van der Waals surface area contributed by atoms with Crippen LogP contribution in [0.5, 0.6) is 11.5 Å². The van der Waals surface area contributed by atoms with Crippen LogP contribution in [0.2, 0.25) is 0 Å². The predicted molar refractivity (Wildman–Crippen MR) is 126 cm³/mol. The molecule has 0 radical (unpaired) electrons. The van der Waals surface area contributed by atoms with Crippen molar-refractivity contribution in [1.29, 1.82) is 0 Å². The fourth-order valence-electron chi connectivity index (χ4n) is 4.03. The summed E-state index contributed by atoms with van der Waals surface area (Å²) in [6, 6.07) is 12.0. The van der Waals surface area contributed by atoms with E-state index in [0.717, 1.165) is 11.8 Å². The summed E-state index contributed by atoms with van der Waals surface area (Å²) in [5.41, 5.74) is 1.75. The Bertz CT molecular complexity index is 1020. The highest BCUT2D eigenvalue weighted by atomic mass is 32.2. The van der Waals surface area contributed by atoms with Gasteiger partial charge in [0.15, 0.2) is 0 Å². The van der Waals surface area contributed by atoms with E-state index in [-0.39, 0.29) is 12.5 Å². The smallest absolute Gasteiger partial charge is 0.251 e. The summed E-state index contributed by atoms with van der Waals surface area (Å²) in [6.45, 7) is 0.825. The minimum atomic E-state index is -3.58. The first-order valence-corrected chi connectivity index (χ1v) is 12.7. The van der Waals surface area contributed by atoms with Gasteiger partial charge in [0, 0.05) is 18.2 Å². The summed E-state index contributed by atoms with van der Waals surface area (Å²) in [5, 5.41) is 3.03. The average Bonchev–Trinajstić information content (AvgIpc) is 2.81. The summed E-state index contributed by atoms with van der Waals surface area (Å²) < 4.78 is 37.0. The molecule has 0 spiro atoms. The van der Waals surface area contributed by atoms with Crippen molar-refractivity contribution in [2.24, 2.45) is 5.92 Å². The summed E-state index contributed by atoms with van der Waals surface area (Å²) >= 11 is 0. The van der Waals surface area contributed by atoms with Gasteiger partial charge < -0.3 is 14.8 Å². The fraction of sp³-hybridized carbons (Fsp3) is 0.458. The van der Waals surface area contributed by atoms with E-state index < -0.39 is 10.0 Å². The van der Waals surface area contributed by atoms with Crippen LogP contribution in [-0.4, -0.2) is 41.3 Å². The number of benzene rings is 2. The zero-order chi connectivity index (χ0) is 23.1. The van der Waals surface area contributed by atoms with E-state index >= 15 is 0 Å². The maximum Gasteiger partial charge on any atom is 0.251 e. The minimum absolute atomic E-state index is 0.0982. The lowest BCUT2D eigenvalue weighted by Gasteiger charge is -2.25. The lowest BCUT2D eigenvalue weighted by atomic mass is 9.89. The first kappa shape index (κ1) is 23.9. The number of nitrogens with one attached hydrogen (secondary N) is 1. The van der Waals surface area contributed by atoms with Crippen LogP contribution in [0.25, 0.3) is 0 Å². The summed E-state index contributed by atoms with van der Waals surface area (Å²) in [7, 11) is -0.560. The summed E-state index contributed by atoms with van der Waals surface area (Å²) in [6.07, 6.45) is 7.28. The van der Waals surface area contributed by atoms with Gasteiger partial charge in [-0.25, -0.2) is 8.42 Å². The zero-order valence-corrected chi connectivity index (χ0v) is 19.8. The van der Waals surface area contributed by atoms with Crippen LogP contribution in [0.4, 0.5) is 5.69 Å². The number of rotatable bonds is 9. The van der Waals surface area contributed by atoms with Crippen LogP contribution in [0, 0.1) is 5.92 Å². The van der Waals surface area contributed by atoms with Gasteiger partial charge in [-0.05, 0) is 48.6 Å². The van der Waals surface area contributed by atoms with Crippen LogP contribution >= 0.6 is 0 Å². The van der Waals surface area contributed by atoms with E-state index in [1.807, 2.05) is 0 Å². The highest BCUT2D eigenvalue weighted by Crippen LogP contribution is 2.34. The van der Waals surface area contributed by atoms with E-state index in [0.29, 0.717) is 35.2 Å². The highest BCUT2D eigenvalue weighted by molar-refractivity contribution is 7.92. The van der Waals surface area contributed by atoms with Crippen molar-refractivity contribution in [2.75, 3.05) is 31.3 Å². The van der Waals surface area contributed by atoms with E-state index in [1.54, 1.807) is 42.5 Å². The lowest BCUT2D eigenvalue weighted by Crippen LogP contribution is -2.30. The molecule has 0 aromatic heterocycles. The molecule has 7 nitrogen and oxygen atoms in total. The van der Waals surface area contributed by atoms with E-state index in [1.165, 1.54) is 50.6 Å². The molecule has 0 unspecified atom stereocenters. The van der Waals surface area contributed by atoms with Gasteiger partial charge in [0.1, 0.15) is 11.5 Å². The third-order valence-electron chi connectivity index (χ3n) is 5.87. The molecule has 2 aromatic rings. The molecule has 0 bridgehead atoms. The van der Waals surface area contributed by atoms with Crippen molar-refractivity contribution >= 4 is 21.6 Å². The number of carbonyl (C=O) groups is 1. The number of amides is 1.